The van der Waals surface area contributed by atoms with Crippen molar-refractivity contribution in [1.82, 2.24) is 10.3 Å². The highest BCUT2D eigenvalue weighted by atomic mass is 16.6. The molecular formula is C23H24N4O5. The summed E-state index contributed by atoms with van der Waals surface area (Å²) in [5.74, 6) is -0.247. The quantitative estimate of drug-likeness (QED) is 0.450. The fourth-order valence-electron chi connectivity index (χ4n) is 3.90. The largest absolute Gasteiger partial charge is 0.477 e. The fraction of sp³-hybridized carbons (Fsp3) is 0.304. The van der Waals surface area contributed by atoms with Crippen LogP contribution in [-0.4, -0.2) is 40.4 Å². The molecule has 1 aromatic heterocycles. The highest BCUT2D eigenvalue weighted by Crippen LogP contribution is 2.35. The number of carbonyl (C=O) groups excluding carboxylic acids is 2. The third-order valence-corrected chi connectivity index (χ3v) is 5.70. The molecule has 2 amide bonds. The zero-order valence-electron chi connectivity index (χ0n) is 17.8. The Morgan fingerprint density at radius 1 is 1.22 bits per heavy atom. The molecule has 4 rings (SSSR count). The molecule has 2 N–H and O–H groups in total. The van der Waals surface area contributed by atoms with Crippen molar-refractivity contribution in [3.05, 3.63) is 64.3 Å². The number of H-pyrrole nitrogens is 1. The Morgan fingerprint density at radius 3 is 2.69 bits per heavy atom. The lowest BCUT2D eigenvalue weighted by atomic mass is 10.1. The van der Waals surface area contributed by atoms with Gasteiger partial charge in [-0.25, -0.2) is 0 Å². The van der Waals surface area contributed by atoms with Crippen molar-refractivity contribution >= 4 is 34.1 Å². The Balaban J connectivity index is 1.68. The van der Waals surface area contributed by atoms with Crippen LogP contribution in [0.4, 0.5) is 11.4 Å². The van der Waals surface area contributed by atoms with Crippen LogP contribution in [0.25, 0.3) is 10.9 Å². The smallest absolute Gasteiger partial charge is 0.293 e. The summed E-state index contributed by atoms with van der Waals surface area (Å²) in [5, 5.41) is 14.9. The number of rotatable bonds is 6. The Bertz CT molecular complexity index is 1180. The molecule has 0 spiro atoms. The molecule has 3 aromatic rings. The molecule has 1 unspecified atom stereocenters. The number of amides is 2. The molecule has 0 saturated carbocycles. The number of fused-ring (bicyclic) bond motifs is 2. The number of nitrogens with one attached hydrogen (secondary N) is 2. The summed E-state index contributed by atoms with van der Waals surface area (Å²) in [4.78, 5) is 41.5. The summed E-state index contributed by atoms with van der Waals surface area (Å²) >= 11 is 0. The average molecular weight is 436 g/mol. The van der Waals surface area contributed by atoms with Crippen LogP contribution < -0.4 is 15.0 Å². The number of nitro groups is 1. The van der Waals surface area contributed by atoms with E-state index in [0.29, 0.717) is 16.8 Å². The van der Waals surface area contributed by atoms with E-state index in [1.54, 1.807) is 42.5 Å². The van der Waals surface area contributed by atoms with Gasteiger partial charge in [0.25, 0.3) is 17.5 Å². The first-order valence-corrected chi connectivity index (χ1v) is 10.6. The SMILES string of the molecule is CCC(CC)NC(=O)C1CN(C(=O)c2cc3cccc([N+](=O)[O-])c3[nH]2)c2ccccc2O1. The van der Waals surface area contributed by atoms with Crippen LogP contribution in [0.3, 0.4) is 0 Å². The third kappa shape index (κ3) is 3.89. The van der Waals surface area contributed by atoms with Crippen molar-refractivity contribution in [3.63, 3.8) is 0 Å². The van der Waals surface area contributed by atoms with Gasteiger partial charge in [0.05, 0.1) is 17.2 Å². The lowest BCUT2D eigenvalue weighted by molar-refractivity contribution is -0.383. The maximum Gasteiger partial charge on any atom is 0.293 e. The molecule has 2 aromatic carbocycles. The number of ether oxygens (including phenoxy) is 1. The predicted molar refractivity (Wildman–Crippen MR) is 120 cm³/mol. The number of anilines is 1. The van der Waals surface area contributed by atoms with Gasteiger partial charge in [-0.15, -0.1) is 0 Å². The minimum atomic E-state index is -0.867. The molecule has 32 heavy (non-hydrogen) atoms. The maximum atomic E-state index is 13.5. The van der Waals surface area contributed by atoms with Crippen molar-refractivity contribution in [2.75, 3.05) is 11.4 Å². The minimum Gasteiger partial charge on any atom is -0.477 e. The van der Waals surface area contributed by atoms with Crippen LogP contribution in [0.5, 0.6) is 5.75 Å². The number of carbonyl (C=O) groups is 2. The molecule has 1 aliphatic heterocycles. The van der Waals surface area contributed by atoms with Crippen molar-refractivity contribution in [3.8, 4) is 5.75 Å². The van der Waals surface area contributed by atoms with Gasteiger partial charge in [0.15, 0.2) is 6.10 Å². The van der Waals surface area contributed by atoms with Crippen molar-refractivity contribution in [2.24, 2.45) is 0 Å². The van der Waals surface area contributed by atoms with Gasteiger partial charge in [0, 0.05) is 17.5 Å². The zero-order valence-corrected chi connectivity index (χ0v) is 17.8. The Kier molecular flexibility index (Phi) is 5.81. The van der Waals surface area contributed by atoms with Gasteiger partial charge in [-0.05, 0) is 31.0 Å². The Hall–Kier alpha value is -3.88. The van der Waals surface area contributed by atoms with Gasteiger partial charge >= 0.3 is 0 Å². The Morgan fingerprint density at radius 2 is 1.97 bits per heavy atom. The number of non-ortho nitro benzene ring substituents is 1. The first-order valence-electron chi connectivity index (χ1n) is 10.6. The van der Waals surface area contributed by atoms with Gasteiger partial charge in [-0.1, -0.05) is 38.1 Å². The minimum absolute atomic E-state index is 0.0271. The number of hydrogen-bond donors (Lipinski definition) is 2. The number of nitro benzene ring substituents is 1. The number of benzene rings is 2. The standard InChI is InChI=1S/C23H24N4O5/c1-3-15(4-2)24-22(28)20-13-26(17-9-5-6-11-19(17)32-20)23(29)16-12-14-8-7-10-18(27(30)31)21(14)25-16/h5-12,15,20,25H,3-4,13H2,1-2H3,(H,24,28). The zero-order chi connectivity index (χ0) is 22.8. The van der Waals surface area contributed by atoms with Crippen LogP contribution >= 0.6 is 0 Å². The van der Waals surface area contributed by atoms with E-state index in [1.165, 1.54) is 11.0 Å². The molecule has 0 saturated heterocycles. The maximum absolute atomic E-state index is 13.5. The van der Waals surface area contributed by atoms with Crippen molar-refractivity contribution in [1.29, 1.82) is 0 Å². The highest BCUT2D eigenvalue weighted by molar-refractivity contribution is 6.09. The van der Waals surface area contributed by atoms with E-state index in [1.807, 2.05) is 13.8 Å². The second-order valence-corrected chi connectivity index (χ2v) is 7.69. The van der Waals surface area contributed by atoms with Crippen LogP contribution in [0.15, 0.2) is 48.5 Å². The molecule has 0 fully saturated rings. The molecule has 166 valence electrons. The molecular weight excluding hydrogens is 412 g/mol. The van der Waals surface area contributed by atoms with E-state index in [2.05, 4.69) is 10.3 Å². The van der Waals surface area contributed by atoms with Crippen LogP contribution in [-0.2, 0) is 4.79 Å². The summed E-state index contributed by atoms with van der Waals surface area (Å²) in [6.07, 6.45) is 0.720. The normalized spacial score (nSPS) is 15.3. The summed E-state index contributed by atoms with van der Waals surface area (Å²) in [6.45, 7) is 4.02. The molecule has 0 bridgehead atoms. The monoisotopic (exact) mass is 436 g/mol. The third-order valence-electron chi connectivity index (χ3n) is 5.70. The molecule has 2 heterocycles. The van der Waals surface area contributed by atoms with E-state index >= 15 is 0 Å². The first kappa shape index (κ1) is 21.4. The predicted octanol–water partition coefficient (Wildman–Crippen LogP) is 3.79. The summed E-state index contributed by atoms with van der Waals surface area (Å²) < 4.78 is 5.90. The van der Waals surface area contributed by atoms with E-state index in [-0.39, 0.29) is 35.4 Å². The van der Waals surface area contributed by atoms with E-state index < -0.39 is 16.9 Å². The number of aromatic amines is 1. The van der Waals surface area contributed by atoms with Gasteiger partial charge < -0.3 is 15.0 Å². The number of aromatic nitrogens is 1. The van der Waals surface area contributed by atoms with Gasteiger partial charge in [-0.3, -0.25) is 24.6 Å². The van der Waals surface area contributed by atoms with Gasteiger partial charge in [0.2, 0.25) is 0 Å². The second kappa shape index (κ2) is 8.70. The topological polar surface area (TPSA) is 118 Å². The number of nitrogens with zero attached hydrogens (tertiary/aromatic N) is 2. The van der Waals surface area contributed by atoms with Crippen molar-refractivity contribution in [2.45, 2.75) is 38.8 Å². The lowest BCUT2D eigenvalue weighted by Crippen LogP contribution is -2.52. The van der Waals surface area contributed by atoms with E-state index in [0.717, 1.165) is 12.8 Å². The van der Waals surface area contributed by atoms with Crippen molar-refractivity contribution < 1.29 is 19.2 Å². The molecule has 9 heteroatoms. The van der Waals surface area contributed by atoms with Crippen LogP contribution in [0.2, 0.25) is 0 Å². The van der Waals surface area contributed by atoms with E-state index in [4.69, 9.17) is 4.74 Å². The molecule has 9 nitrogen and oxygen atoms in total. The van der Waals surface area contributed by atoms with Crippen LogP contribution in [0.1, 0.15) is 37.2 Å². The molecule has 0 radical (unpaired) electrons. The fourth-order valence-corrected chi connectivity index (χ4v) is 3.90. The van der Waals surface area contributed by atoms with Gasteiger partial charge in [0.1, 0.15) is 17.0 Å². The second-order valence-electron chi connectivity index (χ2n) is 7.69. The molecule has 0 aliphatic carbocycles. The average Bonchev–Trinajstić information content (AvgIpc) is 3.25. The van der Waals surface area contributed by atoms with Crippen LogP contribution in [0, 0.1) is 10.1 Å². The van der Waals surface area contributed by atoms with Gasteiger partial charge in [-0.2, -0.15) is 0 Å². The summed E-state index contributed by atoms with van der Waals surface area (Å²) in [7, 11) is 0. The lowest BCUT2D eigenvalue weighted by Gasteiger charge is -2.34. The highest BCUT2D eigenvalue weighted by Gasteiger charge is 2.35. The summed E-state index contributed by atoms with van der Waals surface area (Å²) in [6, 6.07) is 13.3. The Labute approximate surface area is 184 Å². The molecule has 1 atom stereocenters. The molecule has 1 aliphatic rings. The summed E-state index contributed by atoms with van der Waals surface area (Å²) in [5.41, 5.74) is 0.916. The number of hydrogen-bond acceptors (Lipinski definition) is 5. The van der Waals surface area contributed by atoms with E-state index in [9.17, 15) is 19.7 Å². The number of para-hydroxylation sites is 3. The first-order chi connectivity index (χ1) is 15.4.